The lowest BCUT2D eigenvalue weighted by Gasteiger charge is -2.45. The number of ketones is 1. The molecule has 0 spiro atoms. The number of halogens is 1. The molecule has 0 aromatic heterocycles. The number of aliphatic hydroxyl groups excluding tert-OH is 1. The van der Waals surface area contributed by atoms with Gasteiger partial charge in [-0.05, 0) is 25.3 Å². The van der Waals surface area contributed by atoms with Crippen molar-refractivity contribution in [1.29, 1.82) is 0 Å². The van der Waals surface area contributed by atoms with E-state index in [1.807, 2.05) is 18.2 Å². The second-order valence-electron chi connectivity index (χ2n) is 7.76. The topological polar surface area (TPSA) is 64.1 Å². The third-order valence-corrected chi connectivity index (χ3v) is 6.49. The summed E-state index contributed by atoms with van der Waals surface area (Å²) in [6, 6.07) is 7.40. The lowest BCUT2D eigenvalue weighted by atomic mass is 9.74. The van der Waals surface area contributed by atoms with Gasteiger partial charge in [0.1, 0.15) is 5.54 Å². The Bertz CT molecular complexity index is 706. The van der Waals surface area contributed by atoms with E-state index in [4.69, 9.17) is 16.7 Å². The van der Waals surface area contributed by atoms with Crippen molar-refractivity contribution in [3.05, 3.63) is 34.9 Å². The van der Waals surface area contributed by atoms with Crippen LogP contribution in [0.3, 0.4) is 0 Å². The monoisotopic (exact) mass is 407 g/mol. The molecular formula is C21H30ClN3O3. The average Bonchev–Trinajstić information content (AvgIpc) is 2.70. The first kappa shape index (κ1) is 21.2. The molecule has 1 aromatic carbocycles. The summed E-state index contributed by atoms with van der Waals surface area (Å²) in [6.07, 6.45) is 2.85. The number of carbonyl (C=O) groups excluding carboxylic acids is 2. The highest BCUT2D eigenvalue weighted by Gasteiger charge is 2.48. The second kappa shape index (κ2) is 9.35. The SMILES string of the molecule is CN(C(=O)CN1CCN(CCO)CC1)C1(c2ccccc2Cl)CCCCC1=O. The van der Waals surface area contributed by atoms with Gasteiger partial charge in [-0.2, -0.15) is 0 Å². The summed E-state index contributed by atoms with van der Waals surface area (Å²) in [6.45, 7) is 4.37. The van der Waals surface area contributed by atoms with Crippen molar-refractivity contribution in [2.24, 2.45) is 0 Å². The Kier molecular flexibility index (Phi) is 7.10. The lowest BCUT2D eigenvalue weighted by Crippen LogP contribution is -2.57. The summed E-state index contributed by atoms with van der Waals surface area (Å²) in [5, 5.41) is 9.61. The van der Waals surface area contributed by atoms with E-state index >= 15 is 0 Å². The maximum atomic E-state index is 13.2. The summed E-state index contributed by atoms with van der Waals surface area (Å²) in [5.41, 5.74) is -0.225. The van der Waals surface area contributed by atoms with E-state index in [-0.39, 0.29) is 18.3 Å². The lowest BCUT2D eigenvalue weighted by molar-refractivity contribution is -0.149. The van der Waals surface area contributed by atoms with Crippen LogP contribution >= 0.6 is 11.6 Å². The molecular weight excluding hydrogens is 378 g/mol. The number of hydrogen-bond donors (Lipinski definition) is 1. The van der Waals surface area contributed by atoms with Crippen molar-refractivity contribution in [2.45, 2.75) is 31.2 Å². The van der Waals surface area contributed by atoms with Gasteiger partial charge in [-0.1, -0.05) is 29.8 Å². The predicted octanol–water partition coefficient (Wildman–Crippen LogP) is 1.75. The van der Waals surface area contributed by atoms with E-state index in [0.29, 0.717) is 31.0 Å². The minimum absolute atomic E-state index is 0.0502. The van der Waals surface area contributed by atoms with E-state index in [2.05, 4.69) is 9.80 Å². The van der Waals surface area contributed by atoms with E-state index in [1.165, 1.54) is 0 Å². The smallest absolute Gasteiger partial charge is 0.237 e. The van der Waals surface area contributed by atoms with Crippen LogP contribution in [0.1, 0.15) is 31.2 Å². The van der Waals surface area contributed by atoms with Crippen LogP contribution in [0, 0.1) is 0 Å². The Labute approximate surface area is 172 Å². The summed E-state index contributed by atoms with van der Waals surface area (Å²) in [7, 11) is 1.75. The van der Waals surface area contributed by atoms with Crippen LogP contribution in [0.15, 0.2) is 24.3 Å². The van der Waals surface area contributed by atoms with E-state index < -0.39 is 5.54 Å². The molecule has 154 valence electrons. The predicted molar refractivity (Wildman–Crippen MR) is 109 cm³/mol. The molecule has 6 nitrogen and oxygen atoms in total. The standard InChI is InChI=1S/C21H30ClN3O3/c1-23(20(28)16-25-12-10-24(11-13-25)14-15-26)21(9-5-4-8-19(21)27)17-6-2-3-7-18(17)22/h2-3,6-7,26H,4-5,8-16H2,1H3. The summed E-state index contributed by atoms with van der Waals surface area (Å²) < 4.78 is 0. The molecule has 1 saturated heterocycles. The highest BCUT2D eigenvalue weighted by Crippen LogP contribution is 2.42. The maximum Gasteiger partial charge on any atom is 0.237 e. The molecule has 1 saturated carbocycles. The van der Waals surface area contributed by atoms with Crippen molar-refractivity contribution < 1.29 is 14.7 Å². The number of rotatable bonds is 6. The number of carbonyl (C=O) groups is 2. The van der Waals surface area contributed by atoms with Gasteiger partial charge < -0.3 is 10.0 Å². The van der Waals surface area contributed by atoms with Gasteiger partial charge in [-0.3, -0.25) is 19.4 Å². The molecule has 1 atom stereocenters. The molecule has 1 amide bonds. The molecule has 2 aliphatic rings. The number of nitrogens with zero attached hydrogens (tertiary/aromatic N) is 3. The molecule has 1 unspecified atom stereocenters. The van der Waals surface area contributed by atoms with Gasteiger partial charge in [0, 0.05) is 56.8 Å². The molecule has 2 fully saturated rings. The van der Waals surface area contributed by atoms with Crippen molar-refractivity contribution in [3.63, 3.8) is 0 Å². The molecule has 0 radical (unpaired) electrons. The zero-order valence-corrected chi connectivity index (χ0v) is 17.3. The van der Waals surface area contributed by atoms with Crippen LogP contribution in [0.4, 0.5) is 0 Å². The van der Waals surface area contributed by atoms with Crippen LogP contribution < -0.4 is 0 Å². The van der Waals surface area contributed by atoms with Crippen LogP contribution in [-0.2, 0) is 15.1 Å². The summed E-state index contributed by atoms with van der Waals surface area (Å²) >= 11 is 6.47. The van der Waals surface area contributed by atoms with Gasteiger partial charge in [0.25, 0.3) is 0 Å². The van der Waals surface area contributed by atoms with Gasteiger partial charge in [-0.15, -0.1) is 0 Å². The Morgan fingerprint density at radius 1 is 1.18 bits per heavy atom. The highest BCUT2D eigenvalue weighted by atomic mass is 35.5. The number of piperazine rings is 1. The second-order valence-corrected chi connectivity index (χ2v) is 8.17. The Hall–Kier alpha value is -1.47. The number of Topliss-reactive ketones (excluding diaryl/α,β-unsaturated/α-hetero) is 1. The summed E-state index contributed by atoms with van der Waals surface area (Å²) in [4.78, 5) is 32.3. The van der Waals surface area contributed by atoms with Gasteiger partial charge in [0.15, 0.2) is 5.78 Å². The Balaban J connectivity index is 1.77. The van der Waals surface area contributed by atoms with Crippen molar-refractivity contribution in [3.8, 4) is 0 Å². The van der Waals surface area contributed by atoms with Gasteiger partial charge >= 0.3 is 0 Å². The first-order valence-corrected chi connectivity index (χ1v) is 10.5. The average molecular weight is 408 g/mol. The molecule has 7 heteroatoms. The molecule has 1 N–H and O–H groups in total. The van der Waals surface area contributed by atoms with Crippen LogP contribution in [0.2, 0.25) is 5.02 Å². The number of hydrogen-bond acceptors (Lipinski definition) is 5. The number of likely N-dealkylation sites (N-methyl/N-ethyl adjacent to an activating group) is 1. The third-order valence-electron chi connectivity index (χ3n) is 6.16. The molecule has 28 heavy (non-hydrogen) atoms. The van der Waals surface area contributed by atoms with Crippen molar-refractivity contribution in [2.75, 3.05) is 52.9 Å². The number of β-amino-alcohol motifs (C(OH)–C–C–N with tert-alkyl or cyclic N) is 1. The normalized spacial score (nSPS) is 24.3. The zero-order chi connectivity index (χ0) is 20.1. The maximum absolute atomic E-state index is 13.2. The summed E-state index contributed by atoms with van der Waals surface area (Å²) in [5.74, 6) is 0.0289. The van der Waals surface area contributed by atoms with Crippen LogP contribution in [0.25, 0.3) is 0 Å². The Morgan fingerprint density at radius 2 is 1.86 bits per heavy atom. The fourth-order valence-electron chi connectivity index (χ4n) is 4.45. The van der Waals surface area contributed by atoms with Crippen molar-refractivity contribution in [1.82, 2.24) is 14.7 Å². The minimum Gasteiger partial charge on any atom is -0.395 e. The number of amides is 1. The van der Waals surface area contributed by atoms with E-state index in [1.54, 1.807) is 18.0 Å². The molecule has 0 bridgehead atoms. The quantitative estimate of drug-likeness (QED) is 0.778. The van der Waals surface area contributed by atoms with Gasteiger partial charge in [0.05, 0.1) is 13.2 Å². The highest BCUT2D eigenvalue weighted by molar-refractivity contribution is 6.31. The largest absolute Gasteiger partial charge is 0.395 e. The Morgan fingerprint density at radius 3 is 2.50 bits per heavy atom. The van der Waals surface area contributed by atoms with Crippen LogP contribution in [0.5, 0.6) is 0 Å². The molecule has 1 heterocycles. The molecule has 1 aromatic rings. The van der Waals surface area contributed by atoms with Crippen LogP contribution in [-0.4, -0.2) is 84.4 Å². The molecule has 3 rings (SSSR count). The van der Waals surface area contributed by atoms with Crippen molar-refractivity contribution >= 4 is 23.3 Å². The van der Waals surface area contributed by atoms with E-state index in [9.17, 15) is 9.59 Å². The first-order chi connectivity index (χ1) is 13.5. The zero-order valence-electron chi connectivity index (χ0n) is 16.6. The number of aliphatic hydroxyl groups is 1. The fourth-order valence-corrected chi connectivity index (χ4v) is 4.74. The minimum atomic E-state index is -0.966. The fraction of sp³-hybridized carbons (Fsp3) is 0.619. The number of benzene rings is 1. The molecule has 1 aliphatic heterocycles. The molecule has 1 aliphatic carbocycles. The van der Waals surface area contributed by atoms with Gasteiger partial charge in [-0.25, -0.2) is 0 Å². The third kappa shape index (κ3) is 4.25. The van der Waals surface area contributed by atoms with Gasteiger partial charge in [0.2, 0.25) is 5.91 Å². The van der Waals surface area contributed by atoms with E-state index in [0.717, 1.165) is 44.6 Å². The first-order valence-electron chi connectivity index (χ1n) is 10.1.